The Hall–Kier alpha value is -2.75. The number of piperidine rings is 4. The Morgan fingerprint density at radius 2 is 1.52 bits per heavy atom. The van der Waals surface area contributed by atoms with Gasteiger partial charge in [-0.2, -0.15) is 0 Å². The minimum Gasteiger partial charge on any atom is -0.453 e. The Balaban J connectivity index is 1.17. The third-order valence-corrected chi connectivity index (χ3v) is 11.7. The van der Waals surface area contributed by atoms with E-state index in [4.69, 9.17) is 4.74 Å². The van der Waals surface area contributed by atoms with Crippen LogP contribution in [0.25, 0.3) is 0 Å². The predicted molar refractivity (Wildman–Crippen MR) is 169 cm³/mol. The molecule has 1 aromatic rings. The normalized spacial score (nSPS) is 24.5. The smallest absolute Gasteiger partial charge is 0.409 e. The largest absolute Gasteiger partial charge is 0.453 e. The van der Waals surface area contributed by atoms with Crippen molar-refractivity contribution in [3.63, 3.8) is 0 Å². The number of likely N-dealkylation sites (tertiary alicyclic amines) is 4. The lowest BCUT2D eigenvalue weighted by atomic mass is 9.62. The van der Waals surface area contributed by atoms with E-state index in [0.29, 0.717) is 30.5 Å². The van der Waals surface area contributed by atoms with Crippen molar-refractivity contribution in [2.75, 3.05) is 59.5 Å². The van der Waals surface area contributed by atoms with Crippen LogP contribution in [0.2, 0.25) is 0 Å². The first-order valence-corrected chi connectivity index (χ1v) is 17.0. The molecule has 0 aliphatic carbocycles. The van der Waals surface area contributed by atoms with Crippen molar-refractivity contribution in [2.45, 2.75) is 97.4 Å². The van der Waals surface area contributed by atoms with E-state index in [2.05, 4.69) is 33.6 Å². The molecule has 4 fully saturated rings. The van der Waals surface area contributed by atoms with Gasteiger partial charge in [-0.25, -0.2) is 14.8 Å². The third kappa shape index (κ3) is 6.60. The Labute approximate surface area is 263 Å². The van der Waals surface area contributed by atoms with E-state index < -0.39 is 0 Å². The molecule has 3 amide bonds. The Morgan fingerprint density at radius 3 is 2.11 bits per heavy atom. The molecular weight excluding hydrogens is 556 g/mol. The summed E-state index contributed by atoms with van der Waals surface area (Å²) >= 11 is 0. The number of aryl methyl sites for hydroxylation is 2. The van der Waals surface area contributed by atoms with Crippen LogP contribution in [-0.4, -0.2) is 112 Å². The molecule has 1 unspecified atom stereocenters. The lowest BCUT2D eigenvalue weighted by Crippen LogP contribution is -2.61. The van der Waals surface area contributed by atoms with Gasteiger partial charge in [0, 0.05) is 50.7 Å². The van der Waals surface area contributed by atoms with Gasteiger partial charge in [0.15, 0.2) is 0 Å². The maximum Gasteiger partial charge on any atom is 0.409 e. The second-order valence-corrected chi connectivity index (χ2v) is 14.2. The van der Waals surface area contributed by atoms with Crippen molar-refractivity contribution >= 4 is 17.9 Å². The Bertz CT molecular complexity index is 1160. The maximum absolute atomic E-state index is 14.1. The summed E-state index contributed by atoms with van der Waals surface area (Å²) in [6, 6.07) is 0. The summed E-state index contributed by atoms with van der Waals surface area (Å²) in [6.07, 6.45) is 11.5. The van der Waals surface area contributed by atoms with Crippen LogP contribution in [-0.2, 0) is 9.53 Å². The van der Waals surface area contributed by atoms with Gasteiger partial charge in [0.05, 0.1) is 24.1 Å². The van der Waals surface area contributed by atoms with Gasteiger partial charge < -0.3 is 19.4 Å². The average molecular weight is 611 g/mol. The number of carbonyl (C=O) groups is 3. The fourth-order valence-electron chi connectivity index (χ4n) is 8.54. The van der Waals surface area contributed by atoms with Gasteiger partial charge in [0.25, 0.3) is 5.91 Å². The number of amides is 3. The molecule has 4 aliphatic rings. The second kappa shape index (κ2) is 13.7. The number of carbonyl (C=O) groups excluding carboxylic acids is 3. The summed E-state index contributed by atoms with van der Waals surface area (Å²) in [6.45, 7) is 15.0. The molecule has 0 aromatic carbocycles. The lowest BCUT2D eigenvalue weighted by molar-refractivity contribution is -0.152. The minimum absolute atomic E-state index is 0.0540. The molecule has 0 radical (unpaired) electrons. The molecular formula is C34H54N6O4. The van der Waals surface area contributed by atoms with E-state index in [-0.39, 0.29) is 28.9 Å². The monoisotopic (exact) mass is 610 g/mol. The molecule has 4 aliphatic heterocycles. The molecule has 1 atom stereocenters. The fourth-order valence-corrected chi connectivity index (χ4v) is 8.54. The number of unbranched alkanes of at least 4 members (excludes halogenated alkanes) is 1. The summed E-state index contributed by atoms with van der Waals surface area (Å²) in [5, 5.41) is 0. The number of aromatic nitrogens is 2. The van der Waals surface area contributed by atoms with Crippen molar-refractivity contribution in [2.24, 2.45) is 17.3 Å². The highest BCUT2D eigenvalue weighted by atomic mass is 16.5. The molecule has 5 rings (SSSR count). The summed E-state index contributed by atoms with van der Waals surface area (Å²) < 4.78 is 4.90. The number of hydrogen-bond donors (Lipinski definition) is 0. The zero-order valence-electron chi connectivity index (χ0n) is 27.8. The van der Waals surface area contributed by atoms with Crippen LogP contribution in [0.15, 0.2) is 6.33 Å². The molecule has 44 heavy (non-hydrogen) atoms. The van der Waals surface area contributed by atoms with E-state index in [0.717, 1.165) is 115 Å². The van der Waals surface area contributed by atoms with E-state index in [9.17, 15) is 14.4 Å². The van der Waals surface area contributed by atoms with Crippen LogP contribution >= 0.6 is 0 Å². The number of rotatable bonds is 7. The fraction of sp³-hybridized carbons (Fsp3) is 0.794. The first kappa shape index (κ1) is 32.6. The van der Waals surface area contributed by atoms with Crippen molar-refractivity contribution in [1.82, 2.24) is 29.6 Å². The van der Waals surface area contributed by atoms with Crippen LogP contribution in [0.1, 0.15) is 99.8 Å². The van der Waals surface area contributed by atoms with Crippen molar-refractivity contribution in [3.8, 4) is 0 Å². The summed E-state index contributed by atoms with van der Waals surface area (Å²) in [4.78, 5) is 56.5. The SMILES string of the molecule is CCCCC1C(=O)N(CC2CCN(C(=O)OC)CC2)CCC12CCN(C1(C)CCN(C(=O)c3c(C)ncnc3C)CC1)CC2. The summed E-state index contributed by atoms with van der Waals surface area (Å²) in [5.74, 6) is 0.989. The summed E-state index contributed by atoms with van der Waals surface area (Å²) in [7, 11) is 1.44. The van der Waals surface area contributed by atoms with Gasteiger partial charge in [-0.15, -0.1) is 0 Å². The van der Waals surface area contributed by atoms with Gasteiger partial charge in [0.1, 0.15) is 6.33 Å². The van der Waals surface area contributed by atoms with Crippen LogP contribution in [0.4, 0.5) is 4.79 Å². The van der Waals surface area contributed by atoms with Crippen molar-refractivity contribution in [1.29, 1.82) is 0 Å². The van der Waals surface area contributed by atoms with E-state index >= 15 is 0 Å². The topological polar surface area (TPSA) is 99.2 Å². The predicted octanol–water partition coefficient (Wildman–Crippen LogP) is 4.69. The quantitative estimate of drug-likeness (QED) is 0.442. The molecule has 0 bridgehead atoms. The molecule has 244 valence electrons. The Morgan fingerprint density at radius 1 is 0.909 bits per heavy atom. The number of methoxy groups -OCH3 is 1. The molecule has 5 heterocycles. The molecule has 10 nitrogen and oxygen atoms in total. The minimum atomic E-state index is -0.245. The number of ether oxygens (including phenoxy) is 1. The molecule has 1 aromatic heterocycles. The molecule has 4 saturated heterocycles. The second-order valence-electron chi connectivity index (χ2n) is 14.2. The van der Waals surface area contributed by atoms with Crippen LogP contribution in [0.5, 0.6) is 0 Å². The zero-order chi connectivity index (χ0) is 31.5. The van der Waals surface area contributed by atoms with Crippen molar-refractivity contribution in [3.05, 3.63) is 23.3 Å². The van der Waals surface area contributed by atoms with Gasteiger partial charge >= 0.3 is 6.09 Å². The highest BCUT2D eigenvalue weighted by molar-refractivity contribution is 5.96. The van der Waals surface area contributed by atoms with Crippen LogP contribution in [0.3, 0.4) is 0 Å². The molecule has 0 saturated carbocycles. The van der Waals surface area contributed by atoms with Gasteiger partial charge in [-0.3, -0.25) is 14.5 Å². The van der Waals surface area contributed by atoms with Gasteiger partial charge in [0.2, 0.25) is 5.91 Å². The van der Waals surface area contributed by atoms with E-state index in [1.807, 2.05) is 18.7 Å². The average Bonchev–Trinajstić information content (AvgIpc) is 3.03. The highest BCUT2D eigenvalue weighted by Gasteiger charge is 2.51. The van der Waals surface area contributed by atoms with Gasteiger partial charge in [-0.05, 0) is 96.6 Å². The molecule has 0 N–H and O–H groups in total. The van der Waals surface area contributed by atoms with Crippen molar-refractivity contribution < 1.29 is 19.1 Å². The number of nitrogens with zero attached hydrogens (tertiary/aromatic N) is 6. The zero-order valence-corrected chi connectivity index (χ0v) is 27.8. The summed E-state index contributed by atoms with van der Waals surface area (Å²) in [5.41, 5.74) is 2.32. The highest BCUT2D eigenvalue weighted by Crippen LogP contribution is 2.49. The Kier molecular flexibility index (Phi) is 10.2. The van der Waals surface area contributed by atoms with Crippen LogP contribution < -0.4 is 0 Å². The lowest BCUT2D eigenvalue weighted by Gasteiger charge is -2.55. The van der Waals surface area contributed by atoms with Crippen LogP contribution in [0, 0.1) is 31.1 Å². The van der Waals surface area contributed by atoms with E-state index in [1.54, 1.807) is 4.90 Å². The standard InChI is InChI=1S/C34H54N6O4/c1-6-7-8-28-30(41)39(23-27-9-16-38(17-10-27)32(43)44-5)20-13-34(28)14-21-40(22-15-34)33(4)11-18-37(19-12-33)31(42)29-25(2)35-24-36-26(29)3/h24,27-28H,6-23H2,1-5H3. The maximum atomic E-state index is 14.1. The molecule has 10 heteroatoms. The van der Waals surface area contributed by atoms with E-state index in [1.165, 1.54) is 13.4 Å². The molecule has 1 spiro atoms. The first-order chi connectivity index (χ1) is 21.1. The first-order valence-electron chi connectivity index (χ1n) is 17.0. The third-order valence-electron chi connectivity index (χ3n) is 11.7. The number of hydrogen-bond acceptors (Lipinski definition) is 7. The van der Waals surface area contributed by atoms with Gasteiger partial charge in [-0.1, -0.05) is 19.8 Å².